The number of aliphatic hydroxyl groups excluding tert-OH is 1. The number of nitrogens with one attached hydrogen (secondary N) is 1. The maximum Gasteiger partial charge on any atom is 0.133 e. The van der Waals surface area contributed by atoms with Crippen molar-refractivity contribution in [2.24, 2.45) is 4.99 Å². The molecule has 4 nitrogen and oxygen atoms in total. The van der Waals surface area contributed by atoms with E-state index in [0.717, 1.165) is 11.3 Å². The molecule has 0 unspecified atom stereocenters. The van der Waals surface area contributed by atoms with Crippen molar-refractivity contribution < 1.29 is 9.50 Å². The minimum atomic E-state index is -0.542. The summed E-state index contributed by atoms with van der Waals surface area (Å²) in [4.78, 5) is 6.23. The van der Waals surface area contributed by atoms with E-state index in [1.807, 2.05) is 44.0 Å². The molecule has 0 aliphatic carbocycles. The molecule has 0 bridgehead atoms. The fourth-order valence-electron chi connectivity index (χ4n) is 2.15. The van der Waals surface area contributed by atoms with E-state index in [1.54, 1.807) is 6.08 Å². The first-order chi connectivity index (χ1) is 12.0. The smallest absolute Gasteiger partial charge is 0.133 e. The van der Waals surface area contributed by atoms with Crippen LogP contribution in [-0.4, -0.2) is 49.3 Å². The van der Waals surface area contributed by atoms with Crippen LogP contribution in [0.25, 0.3) is 0 Å². The lowest BCUT2D eigenvalue weighted by molar-refractivity contribution is 0.248. The zero-order valence-corrected chi connectivity index (χ0v) is 15.1. The lowest BCUT2D eigenvalue weighted by Crippen LogP contribution is -2.20. The number of aliphatic hydroxyl groups is 1. The highest BCUT2D eigenvalue weighted by molar-refractivity contribution is 6.05. The third kappa shape index (κ3) is 6.82. The Balaban J connectivity index is 2.79. The van der Waals surface area contributed by atoms with Gasteiger partial charge in [0.15, 0.2) is 0 Å². The van der Waals surface area contributed by atoms with Gasteiger partial charge in [-0.15, -0.1) is 0 Å². The third-order valence-corrected chi connectivity index (χ3v) is 3.42. The van der Waals surface area contributed by atoms with E-state index < -0.39 is 6.67 Å². The first-order valence-electron chi connectivity index (χ1n) is 8.22. The van der Waals surface area contributed by atoms with Crippen LogP contribution in [0.3, 0.4) is 0 Å². The van der Waals surface area contributed by atoms with Crippen molar-refractivity contribution in [3.8, 4) is 11.8 Å². The molecule has 1 rings (SSSR count). The molecule has 0 aromatic heterocycles. The normalized spacial score (nSPS) is 17.5. The summed E-state index contributed by atoms with van der Waals surface area (Å²) in [6.45, 7) is 8.50. The van der Waals surface area contributed by atoms with Crippen molar-refractivity contribution in [3.63, 3.8) is 0 Å². The van der Waals surface area contributed by atoms with Crippen LogP contribution in [0.5, 0.6) is 0 Å². The average Bonchev–Trinajstić information content (AvgIpc) is 2.96. The Bertz CT molecular complexity index is 687. The summed E-state index contributed by atoms with van der Waals surface area (Å²) in [7, 11) is 1.91. The van der Waals surface area contributed by atoms with Crippen molar-refractivity contribution >= 4 is 5.84 Å². The van der Waals surface area contributed by atoms with Gasteiger partial charge in [0.05, 0.1) is 12.3 Å². The van der Waals surface area contributed by atoms with Crippen molar-refractivity contribution in [2.75, 3.05) is 33.4 Å². The Morgan fingerprint density at radius 3 is 2.84 bits per heavy atom. The van der Waals surface area contributed by atoms with Gasteiger partial charge in [-0.1, -0.05) is 18.6 Å². The van der Waals surface area contributed by atoms with Crippen LogP contribution in [0, 0.1) is 11.8 Å². The second kappa shape index (κ2) is 11.1. The Hall–Kier alpha value is -2.58. The number of allylic oxidation sites excluding steroid dienone is 6. The molecule has 5 heteroatoms. The van der Waals surface area contributed by atoms with Crippen LogP contribution in [0.4, 0.5) is 4.39 Å². The van der Waals surface area contributed by atoms with Crippen molar-refractivity contribution in [1.82, 2.24) is 10.2 Å². The summed E-state index contributed by atoms with van der Waals surface area (Å²) in [5.41, 5.74) is 3.01. The van der Waals surface area contributed by atoms with Crippen LogP contribution >= 0.6 is 0 Å². The number of rotatable bonds is 7. The van der Waals surface area contributed by atoms with E-state index >= 15 is 0 Å². The quantitative estimate of drug-likeness (QED) is 0.552. The van der Waals surface area contributed by atoms with Gasteiger partial charge in [0.1, 0.15) is 12.5 Å². The molecule has 0 radical (unpaired) electrons. The highest BCUT2D eigenvalue weighted by Crippen LogP contribution is 2.12. The van der Waals surface area contributed by atoms with Gasteiger partial charge in [-0.2, -0.15) is 0 Å². The van der Waals surface area contributed by atoms with Gasteiger partial charge in [0.25, 0.3) is 0 Å². The highest BCUT2D eigenvalue weighted by Gasteiger charge is 2.13. The van der Waals surface area contributed by atoms with E-state index in [4.69, 9.17) is 5.11 Å². The van der Waals surface area contributed by atoms with Crippen LogP contribution in [0.15, 0.2) is 64.5 Å². The van der Waals surface area contributed by atoms with E-state index in [2.05, 4.69) is 28.7 Å². The molecule has 1 aliphatic rings. The van der Waals surface area contributed by atoms with Gasteiger partial charge in [0, 0.05) is 37.0 Å². The van der Waals surface area contributed by atoms with E-state index in [0.29, 0.717) is 30.2 Å². The van der Waals surface area contributed by atoms with E-state index in [9.17, 15) is 4.39 Å². The highest BCUT2D eigenvalue weighted by atomic mass is 19.1. The second-order valence-corrected chi connectivity index (χ2v) is 5.29. The molecule has 1 heterocycles. The molecule has 0 fully saturated rings. The lowest BCUT2D eigenvalue weighted by Gasteiger charge is -2.18. The zero-order valence-electron chi connectivity index (χ0n) is 15.1. The molecule has 0 amide bonds. The molecule has 25 heavy (non-hydrogen) atoms. The van der Waals surface area contributed by atoms with Gasteiger partial charge in [0.2, 0.25) is 0 Å². The minimum absolute atomic E-state index is 0.0959. The minimum Gasteiger partial charge on any atom is -0.395 e. The molecule has 0 spiro atoms. The van der Waals surface area contributed by atoms with E-state index in [-0.39, 0.29) is 6.61 Å². The SMILES string of the molecule is C=C(C#CC1=C/C(=C/CF)C(=NCC)N1)/C=C\C(=C/C)N(C)CCO. The number of nitrogens with zero attached hydrogens (tertiary/aromatic N) is 2. The summed E-state index contributed by atoms with van der Waals surface area (Å²) < 4.78 is 12.6. The Labute approximate surface area is 149 Å². The summed E-state index contributed by atoms with van der Waals surface area (Å²) >= 11 is 0. The second-order valence-electron chi connectivity index (χ2n) is 5.29. The number of amidine groups is 1. The molecular formula is C20H26FN3O. The number of halogens is 1. The predicted octanol–water partition coefficient (Wildman–Crippen LogP) is 2.73. The molecule has 0 saturated carbocycles. The topological polar surface area (TPSA) is 47.9 Å². The Morgan fingerprint density at radius 2 is 2.24 bits per heavy atom. The maximum atomic E-state index is 12.6. The Kier molecular flexibility index (Phi) is 9.05. The average molecular weight is 343 g/mol. The molecule has 134 valence electrons. The first kappa shape index (κ1) is 20.5. The number of hydrogen-bond acceptors (Lipinski definition) is 3. The fourth-order valence-corrected chi connectivity index (χ4v) is 2.15. The van der Waals surface area contributed by atoms with Crippen LogP contribution < -0.4 is 5.32 Å². The molecule has 0 aromatic carbocycles. The van der Waals surface area contributed by atoms with Gasteiger partial charge in [-0.25, -0.2) is 4.39 Å². The van der Waals surface area contributed by atoms with Crippen molar-refractivity contribution in [2.45, 2.75) is 13.8 Å². The van der Waals surface area contributed by atoms with Gasteiger partial charge >= 0.3 is 0 Å². The summed E-state index contributed by atoms with van der Waals surface area (Å²) in [6.07, 6.45) is 8.94. The Morgan fingerprint density at radius 1 is 1.48 bits per heavy atom. The number of likely N-dealkylation sites (N-methyl/N-ethyl adjacent to an activating group) is 1. The van der Waals surface area contributed by atoms with Gasteiger partial charge in [-0.05, 0) is 44.1 Å². The number of hydrogen-bond donors (Lipinski definition) is 2. The molecule has 2 N–H and O–H groups in total. The third-order valence-electron chi connectivity index (χ3n) is 3.42. The van der Waals surface area contributed by atoms with Crippen LogP contribution in [-0.2, 0) is 0 Å². The first-order valence-corrected chi connectivity index (χ1v) is 8.22. The molecule has 1 aliphatic heterocycles. The number of alkyl halides is 1. The zero-order chi connectivity index (χ0) is 18.7. The maximum absolute atomic E-state index is 12.6. The van der Waals surface area contributed by atoms with E-state index in [1.165, 1.54) is 6.08 Å². The van der Waals surface area contributed by atoms with Crippen molar-refractivity contribution in [3.05, 3.63) is 59.5 Å². The summed E-state index contributed by atoms with van der Waals surface area (Å²) in [6, 6.07) is 0. The summed E-state index contributed by atoms with van der Waals surface area (Å²) in [5, 5.41) is 12.1. The van der Waals surface area contributed by atoms with Crippen LogP contribution in [0.2, 0.25) is 0 Å². The predicted molar refractivity (Wildman–Crippen MR) is 103 cm³/mol. The molecular weight excluding hydrogens is 317 g/mol. The molecule has 0 aromatic rings. The van der Waals surface area contributed by atoms with Crippen LogP contribution in [0.1, 0.15) is 13.8 Å². The standard InChI is InChI=1S/C20H26FN3O/c1-5-19(24(4)13-14-25)10-8-16(3)7-9-18-15-17(11-12-21)20(23-18)22-6-2/h5,8,10-11,15,25H,3,6,12-14H2,1-2,4H3,(H,22,23)/b10-8-,17-11-,19-5+. The van der Waals surface area contributed by atoms with Gasteiger partial charge < -0.3 is 15.3 Å². The largest absolute Gasteiger partial charge is 0.395 e. The number of aliphatic imine (C=N–C) groups is 1. The summed E-state index contributed by atoms with van der Waals surface area (Å²) in [5.74, 6) is 6.60. The van der Waals surface area contributed by atoms with Crippen molar-refractivity contribution in [1.29, 1.82) is 0 Å². The fraction of sp³-hybridized carbons (Fsp3) is 0.350. The monoisotopic (exact) mass is 343 g/mol. The molecule has 0 saturated heterocycles. The molecule has 0 atom stereocenters. The van der Waals surface area contributed by atoms with Gasteiger partial charge in [-0.3, -0.25) is 4.99 Å². The lowest BCUT2D eigenvalue weighted by atomic mass is 10.2.